The van der Waals surface area contributed by atoms with Crippen LogP contribution in [0.15, 0.2) is 18.3 Å². The molecule has 24 heavy (non-hydrogen) atoms. The molecular formula is C16H23N3O4S. The molecule has 1 aliphatic rings. The van der Waals surface area contributed by atoms with Gasteiger partial charge >= 0.3 is 5.97 Å². The molecule has 2 heterocycles. The van der Waals surface area contributed by atoms with Crippen molar-refractivity contribution in [2.45, 2.75) is 37.6 Å². The van der Waals surface area contributed by atoms with Crippen LogP contribution in [0.3, 0.4) is 0 Å². The largest absolute Gasteiger partial charge is 0.467 e. The molecule has 0 spiro atoms. The molecule has 2 amide bonds. The zero-order valence-corrected chi connectivity index (χ0v) is 14.7. The van der Waals surface area contributed by atoms with Gasteiger partial charge in [-0.1, -0.05) is 0 Å². The molecule has 1 saturated heterocycles. The first-order chi connectivity index (χ1) is 11.5. The van der Waals surface area contributed by atoms with E-state index in [-0.39, 0.29) is 17.2 Å². The summed E-state index contributed by atoms with van der Waals surface area (Å²) in [6.45, 7) is 2.00. The van der Waals surface area contributed by atoms with Crippen LogP contribution in [0.2, 0.25) is 0 Å². The molecule has 1 aromatic rings. The predicted octanol–water partition coefficient (Wildman–Crippen LogP) is 1.44. The molecule has 1 aliphatic heterocycles. The summed E-state index contributed by atoms with van der Waals surface area (Å²) in [4.78, 5) is 39.9. The number of hydrogen-bond acceptors (Lipinski definition) is 5. The van der Waals surface area contributed by atoms with E-state index in [1.807, 2.05) is 23.2 Å². The van der Waals surface area contributed by atoms with Crippen molar-refractivity contribution < 1.29 is 19.1 Å². The molecule has 0 aliphatic carbocycles. The summed E-state index contributed by atoms with van der Waals surface area (Å²) in [6, 6.07) is 3.27. The minimum atomic E-state index is -0.629. The van der Waals surface area contributed by atoms with E-state index in [1.165, 1.54) is 14.0 Å². The highest BCUT2D eigenvalue weighted by molar-refractivity contribution is 8.00. The lowest BCUT2D eigenvalue weighted by Crippen LogP contribution is -2.40. The Morgan fingerprint density at radius 1 is 1.50 bits per heavy atom. The number of unbranched alkanes of at least 4 members (excludes halogenated alkanes) is 1. The average molecular weight is 353 g/mol. The molecule has 0 bridgehead atoms. The fourth-order valence-corrected chi connectivity index (χ4v) is 3.91. The Morgan fingerprint density at radius 2 is 2.29 bits per heavy atom. The third-order valence-electron chi connectivity index (χ3n) is 3.86. The van der Waals surface area contributed by atoms with E-state index in [0.717, 1.165) is 12.1 Å². The van der Waals surface area contributed by atoms with E-state index in [0.29, 0.717) is 25.1 Å². The van der Waals surface area contributed by atoms with Crippen molar-refractivity contribution in [3.05, 3.63) is 24.0 Å². The summed E-state index contributed by atoms with van der Waals surface area (Å²) in [5, 5.41) is 2.62. The van der Waals surface area contributed by atoms with Crippen molar-refractivity contribution >= 4 is 29.5 Å². The predicted molar refractivity (Wildman–Crippen MR) is 91.2 cm³/mol. The van der Waals surface area contributed by atoms with Crippen LogP contribution in [0.25, 0.3) is 0 Å². The second-order valence-corrected chi connectivity index (χ2v) is 6.72. The lowest BCUT2D eigenvalue weighted by Gasteiger charge is -2.23. The summed E-state index contributed by atoms with van der Waals surface area (Å²) < 4.78 is 4.70. The van der Waals surface area contributed by atoms with Crippen molar-refractivity contribution in [1.82, 2.24) is 15.2 Å². The summed E-state index contributed by atoms with van der Waals surface area (Å²) in [5.74, 6) is -0.0861. The number of carbonyl (C=O) groups is 3. The Labute approximate surface area is 145 Å². The van der Waals surface area contributed by atoms with Crippen LogP contribution in [0.4, 0.5) is 0 Å². The van der Waals surface area contributed by atoms with Gasteiger partial charge < -0.3 is 19.9 Å². The first kappa shape index (κ1) is 18.4. The molecule has 0 radical (unpaired) electrons. The molecule has 132 valence electrons. The van der Waals surface area contributed by atoms with Gasteiger partial charge in [0.05, 0.1) is 12.9 Å². The van der Waals surface area contributed by atoms with Gasteiger partial charge in [-0.25, -0.2) is 4.79 Å². The van der Waals surface area contributed by atoms with Crippen molar-refractivity contribution in [3.8, 4) is 0 Å². The summed E-state index contributed by atoms with van der Waals surface area (Å²) >= 11 is 1.61. The summed E-state index contributed by atoms with van der Waals surface area (Å²) in [7, 11) is 1.30. The number of esters is 1. The maximum Gasteiger partial charge on any atom is 0.328 e. The Balaban J connectivity index is 1.82. The molecule has 1 aromatic heterocycles. The molecule has 7 nitrogen and oxygen atoms in total. The van der Waals surface area contributed by atoms with Crippen LogP contribution < -0.4 is 5.32 Å². The number of hydrogen-bond donors (Lipinski definition) is 2. The summed E-state index contributed by atoms with van der Waals surface area (Å²) in [6.07, 6.45) is 3.82. The molecule has 2 N–H and O–H groups in total. The number of methoxy groups -OCH3 is 1. The maximum atomic E-state index is 12.1. The molecule has 1 fully saturated rings. The molecule has 2 atom stereocenters. The van der Waals surface area contributed by atoms with Gasteiger partial charge in [0.25, 0.3) is 0 Å². The number of rotatable bonds is 8. The standard InChI is InChI=1S/C16H23N3O4S/c1-11(20)18-13(16(22)23-2)6-3-4-9-19-14(21)10-24-15(19)12-7-5-8-17-12/h5,7-8,13,15,17H,3-4,6,9-10H2,1-2H3,(H,18,20). The van der Waals surface area contributed by atoms with Crippen LogP contribution in [-0.4, -0.2) is 53.1 Å². The first-order valence-corrected chi connectivity index (χ1v) is 8.97. The Hall–Kier alpha value is -1.96. The van der Waals surface area contributed by atoms with Crippen LogP contribution >= 0.6 is 11.8 Å². The average Bonchev–Trinajstić information content (AvgIpc) is 3.19. The fraction of sp³-hybridized carbons (Fsp3) is 0.562. The fourth-order valence-electron chi connectivity index (χ4n) is 2.72. The van der Waals surface area contributed by atoms with Gasteiger partial charge in [0.15, 0.2) is 0 Å². The molecule has 0 saturated carbocycles. The number of aromatic amines is 1. The minimum absolute atomic E-state index is 0.0271. The third-order valence-corrected chi connectivity index (χ3v) is 5.10. The van der Waals surface area contributed by atoms with E-state index in [1.54, 1.807) is 11.8 Å². The molecule has 8 heteroatoms. The highest BCUT2D eigenvalue weighted by Gasteiger charge is 2.32. The van der Waals surface area contributed by atoms with E-state index in [4.69, 9.17) is 4.74 Å². The van der Waals surface area contributed by atoms with Crippen molar-refractivity contribution in [2.24, 2.45) is 0 Å². The minimum Gasteiger partial charge on any atom is -0.467 e. The number of thioether (sulfide) groups is 1. The lowest BCUT2D eigenvalue weighted by molar-refractivity contribution is -0.145. The van der Waals surface area contributed by atoms with Gasteiger partial charge in [0.1, 0.15) is 11.4 Å². The lowest BCUT2D eigenvalue weighted by atomic mass is 10.1. The van der Waals surface area contributed by atoms with Gasteiger partial charge in [-0.15, -0.1) is 11.8 Å². The second kappa shape index (κ2) is 8.77. The van der Waals surface area contributed by atoms with Crippen molar-refractivity contribution in [2.75, 3.05) is 19.4 Å². The highest BCUT2D eigenvalue weighted by Crippen LogP contribution is 2.37. The molecular weight excluding hydrogens is 330 g/mol. The molecule has 2 rings (SSSR count). The second-order valence-electron chi connectivity index (χ2n) is 5.65. The van der Waals surface area contributed by atoms with E-state index in [2.05, 4.69) is 10.3 Å². The van der Waals surface area contributed by atoms with Gasteiger partial charge in [0.2, 0.25) is 11.8 Å². The van der Waals surface area contributed by atoms with Crippen LogP contribution in [0.5, 0.6) is 0 Å². The van der Waals surface area contributed by atoms with Gasteiger partial charge in [-0.05, 0) is 31.4 Å². The summed E-state index contributed by atoms with van der Waals surface area (Å²) in [5.41, 5.74) is 1.02. The number of nitrogens with zero attached hydrogens (tertiary/aromatic N) is 1. The van der Waals surface area contributed by atoms with E-state index >= 15 is 0 Å². The van der Waals surface area contributed by atoms with Gasteiger partial charge in [-0.2, -0.15) is 0 Å². The normalized spacial score (nSPS) is 18.5. The number of H-pyrrole nitrogens is 1. The van der Waals surface area contributed by atoms with Gasteiger partial charge in [-0.3, -0.25) is 9.59 Å². The Bertz CT molecular complexity index is 576. The number of amides is 2. The number of nitrogens with one attached hydrogen (secondary N) is 2. The third kappa shape index (κ3) is 4.77. The smallest absolute Gasteiger partial charge is 0.328 e. The van der Waals surface area contributed by atoms with E-state index in [9.17, 15) is 14.4 Å². The van der Waals surface area contributed by atoms with Crippen LogP contribution in [0.1, 0.15) is 37.3 Å². The molecule has 0 aromatic carbocycles. The Kier molecular flexibility index (Phi) is 6.72. The van der Waals surface area contributed by atoms with Crippen LogP contribution in [0, 0.1) is 0 Å². The SMILES string of the molecule is COC(=O)C(CCCCN1C(=O)CSC1c1ccc[nH]1)NC(C)=O. The highest BCUT2D eigenvalue weighted by atomic mass is 32.2. The zero-order valence-electron chi connectivity index (χ0n) is 13.9. The van der Waals surface area contributed by atoms with E-state index < -0.39 is 12.0 Å². The number of ether oxygens (including phenoxy) is 1. The Morgan fingerprint density at radius 3 is 2.92 bits per heavy atom. The first-order valence-electron chi connectivity index (χ1n) is 7.92. The zero-order chi connectivity index (χ0) is 17.5. The van der Waals surface area contributed by atoms with Crippen LogP contribution in [-0.2, 0) is 19.1 Å². The topological polar surface area (TPSA) is 91.5 Å². The maximum absolute atomic E-state index is 12.1. The quantitative estimate of drug-likeness (QED) is 0.545. The molecule has 2 unspecified atom stereocenters. The van der Waals surface area contributed by atoms with Gasteiger partial charge in [0, 0.05) is 25.4 Å². The monoisotopic (exact) mass is 353 g/mol. The number of aromatic nitrogens is 1. The van der Waals surface area contributed by atoms with Crippen molar-refractivity contribution in [3.63, 3.8) is 0 Å². The van der Waals surface area contributed by atoms with Crippen molar-refractivity contribution in [1.29, 1.82) is 0 Å². The number of carbonyl (C=O) groups excluding carboxylic acids is 3.